The zero-order chi connectivity index (χ0) is 18.5. The molecule has 150 valence electrons. The van der Waals surface area contributed by atoms with Gasteiger partial charge < -0.3 is 4.90 Å². The lowest BCUT2D eigenvalue weighted by molar-refractivity contribution is 0.145. The van der Waals surface area contributed by atoms with E-state index in [9.17, 15) is 0 Å². The van der Waals surface area contributed by atoms with Crippen molar-refractivity contribution in [3.8, 4) is 0 Å². The van der Waals surface area contributed by atoms with Gasteiger partial charge >= 0.3 is 0 Å². The summed E-state index contributed by atoms with van der Waals surface area (Å²) in [5.74, 6) is 0. The van der Waals surface area contributed by atoms with Crippen molar-refractivity contribution in [1.82, 2.24) is 9.80 Å². The van der Waals surface area contributed by atoms with Crippen molar-refractivity contribution in [2.75, 3.05) is 26.7 Å². The van der Waals surface area contributed by atoms with E-state index >= 15 is 0 Å². The highest BCUT2D eigenvalue weighted by molar-refractivity contribution is 7.19. The Bertz CT molecular complexity index is 809. The van der Waals surface area contributed by atoms with Gasteiger partial charge in [-0.1, -0.05) is 55.0 Å². The van der Waals surface area contributed by atoms with Gasteiger partial charge in [-0.05, 0) is 62.5 Å². The lowest BCUT2D eigenvalue weighted by Gasteiger charge is -2.35. The average molecular weight is 415 g/mol. The van der Waals surface area contributed by atoms with Gasteiger partial charge in [0.05, 0.1) is 0 Å². The molecule has 2 nitrogen and oxygen atoms in total. The fourth-order valence-corrected chi connectivity index (χ4v) is 5.45. The molecule has 28 heavy (non-hydrogen) atoms. The fraction of sp³-hybridized carbons (Fsp3) is 0.417. The third kappa shape index (κ3) is 5.36. The highest BCUT2D eigenvalue weighted by Crippen LogP contribution is 2.36. The number of thiophene rings is 1. The van der Waals surface area contributed by atoms with Crippen LogP contribution in [0.2, 0.25) is 0 Å². The molecule has 4 heteroatoms. The molecule has 1 fully saturated rings. The van der Waals surface area contributed by atoms with Crippen molar-refractivity contribution in [2.24, 2.45) is 0 Å². The summed E-state index contributed by atoms with van der Waals surface area (Å²) in [6.45, 7) is 4.66. The van der Waals surface area contributed by atoms with Crippen LogP contribution < -0.4 is 0 Å². The lowest BCUT2D eigenvalue weighted by atomic mass is 10.0. The van der Waals surface area contributed by atoms with Crippen LogP contribution in [0, 0.1) is 0 Å². The van der Waals surface area contributed by atoms with Crippen LogP contribution in [0.1, 0.15) is 42.2 Å². The van der Waals surface area contributed by atoms with Crippen LogP contribution in [0.3, 0.4) is 0 Å². The Morgan fingerprint density at radius 3 is 2.43 bits per heavy atom. The summed E-state index contributed by atoms with van der Waals surface area (Å²) in [5.41, 5.74) is 1.40. The fourth-order valence-electron chi connectivity index (χ4n) is 4.22. The molecule has 1 atom stereocenters. The second-order valence-corrected chi connectivity index (χ2v) is 8.93. The second-order valence-electron chi connectivity index (χ2n) is 7.81. The van der Waals surface area contributed by atoms with E-state index in [-0.39, 0.29) is 12.4 Å². The molecule has 1 aromatic heterocycles. The number of hydrogen-bond acceptors (Lipinski definition) is 3. The summed E-state index contributed by atoms with van der Waals surface area (Å²) in [4.78, 5) is 6.76. The molecule has 0 radical (unpaired) electrons. The van der Waals surface area contributed by atoms with E-state index in [0.717, 1.165) is 13.1 Å². The van der Waals surface area contributed by atoms with Crippen LogP contribution in [0.15, 0.2) is 60.7 Å². The van der Waals surface area contributed by atoms with Crippen LogP contribution in [0.5, 0.6) is 0 Å². The van der Waals surface area contributed by atoms with Crippen molar-refractivity contribution < 1.29 is 0 Å². The maximum atomic E-state index is 2.74. The predicted octanol–water partition coefficient (Wildman–Crippen LogP) is 6.37. The van der Waals surface area contributed by atoms with E-state index in [1.807, 2.05) is 11.3 Å². The topological polar surface area (TPSA) is 6.48 Å². The highest BCUT2D eigenvalue weighted by Gasteiger charge is 2.24. The molecule has 0 bridgehead atoms. The third-order valence-corrected chi connectivity index (χ3v) is 6.90. The molecule has 1 aliphatic heterocycles. The maximum absolute atomic E-state index is 2.74. The summed E-state index contributed by atoms with van der Waals surface area (Å²) >= 11 is 1.99. The Morgan fingerprint density at radius 1 is 0.964 bits per heavy atom. The van der Waals surface area contributed by atoms with Crippen molar-refractivity contribution in [1.29, 1.82) is 0 Å². The first-order valence-corrected chi connectivity index (χ1v) is 11.1. The molecule has 2 aromatic carbocycles. The van der Waals surface area contributed by atoms with Crippen molar-refractivity contribution in [3.05, 3.63) is 71.1 Å². The van der Waals surface area contributed by atoms with Gasteiger partial charge in [-0.15, -0.1) is 23.7 Å². The number of benzene rings is 2. The Hall–Kier alpha value is -1.39. The minimum absolute atomic E-state index is 0. The van der Waals surface area contributed by atoms with Crippen LogP contribution >= 0.6 is 23.7 Å². The molecule has 4 rings (SSSR count). The van der Waals surface area contributed by atoms with Gasteiger partial charge in [0, 0.05) is 28.7 Å². The first-order chi connectivity index (χ1) is 13.3. The van der Waals surface area contributed by atoms with Crippen molar-refractivity contribution >= 4 is 33.8 Å². The van der Waals surface area contributed by atoms with E-state index in [1.165, 1.54) is 54.4 Å². The first kappa shape index (κ1) is 21.3. The van der Waals surface area contributed by atoms with Crippen molar-refractivity contribution in [3.63, 3.8) is 0 Å². The van der Waals surface area contributed by atoms with E-state index in [4.69, 9.17) is 0 Å². The van der Waals surface area contributed by atoms with Gasteiger partial charge in [-0.25, -0.2) is 0 Å². The average Bonchev–Trinajstić information content (AvgIpc) is 3.13. The molecule has 2 heterocycles. The number of nitrogens with zero attached hydrogens (tertiary/aromatic N) is 2. The van der Waals surface area contributed by atoms with Gasteiger partial charge in [0.25, 0.3) is 0 Å². The minimum atomic E-state index is 0. The van der Waals surface area contributed by atoms with Gasteiger partial charge in [-0.2, -0.15) is 0 Å². The minimum Gasteiger partial charge on any atom is -0.302 e. The molecule has 1 aliphatic rings. The number of hydrogen-bond donors (Lipinski definition) is 0. The van der Waals surface area contributed by atoms with Crippen molar-refractivity contribution in [2.45, 2.75) is 38.3 Å². The van der Waals surface area contributed by atoms with Gasteiger partial charge in [0.1, 0.15) is 0 Å². The quantitative estimate of drug-likeness (QED) is 0.443. The summed E-state index contributed by atoms with van der Waals surface area (Å²) in [7, 11) is 2.26. The first-order valence-electron chi connectivity index (χ1n) is 10.2. The van der Waals surface area contributed by atoms with Gasteiger partial charge in [-0.3, -0.25) is 4.90 Å². The molecular formula is C24H31ClN2S. The Morgan fingerprint density at radius 2 is 1.68 bits per heavy atom. The summed E-state index contributed by atoms with van der Waals surface area (Å²) in [6.07, 6.45) is 5.29. The molecule has 1 unspecified atom stereocenters. The number of halogens is 1. The van der Waals surface area contributed by atoms with Crippen LogP contribution in [-0.4, -0.2) is 36.5 Å². The van der Waals surface area contributed by atoms with E-state index in [2.05, 4.69) is 77.5 Å². The Labute approximate surface area is 179 Å². The Balaban J connectivity index is 0.00000225. The molecule has 0 aliphatic carbocycles. The normalized spacial score (nSPS) is 16.2. The number of rotatable bonds is 7. The van der Waals surface area contributed by atoms with E-state index in [1.54, 1.807) is 4.88 Å². The highest BCUT2D eigenvalue weighted by atomic mass is 35.5. The smallest absolute Gasteiger partial charge is 0.0454 e. The molecule has 1 saturated heterocycles. The molecular weight excluding hydrogens is 384 g/mol. The molecule has 3 aromatic rings. The van der Waals surface area contributed by atoms with Gasteiger partial charge in [0.2, 0.25) is 0 Å². The third-order valence-electron chi connectivity index (χ3n) is 5.68. The second kappa shape index (κ2) is 10.4. The van der Waals surface area contributed by atoms with Crippen LogP contribution in [0.4, 0.5) is 0 Å². The number of fused-ring (bicyclic) bond motifs is 1. The summed E-state index contributed by atoms with van der Waals surface area (Å²) in [6, 6.07) is 22.6. The SMILES string of the molecule is CN(CCC(c1cc2ccccc2s1)N1CCCCC1)Cc1ccccc1.Cl. The standard InChI is InChI=1S/C24H30N2S.ClH/c1-25(19-20-10-4-2-5-11-20)17-14-22(26-15-8-3-9-16-26)24-18-21-12-6-7-13-23(21)27-24;/h2,4-7,10-13,18,22H,3,8-9,14-17,19H2,1H3;1H. The zero-order valence-corrected chi connectivity index (χ0v) is 18.4. The van der Waals surface area contributed by atoms with E-state index < -0.39 is 0 Å². The summed E-state index contributed by atoms with van der Waals surface area (Å²) < 4.78 is 1.42. The maximum Gasteiger partial charge on any atom is 0.0454 e. The molecule has 0 spiro atoms. The molecule has 0 N–H and O–H groups in total. The number of likely N-dealkylation sites (tertiary alicyclic amines) is 1. The summed E-state index contributed by atoms with van der Waals surface area (Å²) in [5, 5.41) is 1.40. The lowest BCUT2D eigenvalue weighted by Crippen LogP contribution is -2.35. The Kier molecular flexibility index (Phi) is 7.92. The van der Waals surface area contributed by atoms with Crippen LogP contribution in [-0.2, 0) is 6.54 Å². The number of piperidine rings is 1. The molecule has 0 amide bonds. The monoisotopic (exact) mass is 414 g/mol. The largest absolute Gasteiger partial charge is 0.302 e. The zero-order valence-electron chi connectivity index (χ0n) is 16.7. The predicted molar refractivity (Wildman–Crippen MR) is 125 cm³/mol. The van der Waals surface area contributed by atoms with E-state index in [0.29, 0.717) is 6.04 Å². The van der Waals surface area contributed by atoms with Gasteiger partial charge in [0.15, 0.2) is 0 Å². The molecule has 0 saturated carbocycles. The van der Waals surface area contributed by atoms with Crippen LogP contribution in [0.25, 0.3) is 10.1 Å².